The van der Waals surface area contributed by atoms with Gasteiger partial charge in [-0.2, -0.15) is 0 Å². The largest absolute Gasteiger partial charge is 0.385 e. The van der Waals surface area contributed by atoms with Crippen LogP contribution in [-0.4, -0.2) is 24.4 Å². The van der Waals surface area contributed by atoms with Crippen molar-refractivity contribution in [2.75, 3.05) is 18.9 Å². The average Bonchev–Trinajstić information content (AvgIpc) is 3.08. The van der Waals surface area contributed by atoms with Crippen molar-refractivity contribution in [2.24, 2.45) is 5.92 Å². The summed E-state index contributed by atoms with van der Waals surface area (Å²) in [4.78, 5) is 13.5. The number of nitrogens with zero attached hydrogens (tertiary/aromatic N) is 1. The van der Waals surface area contributed by atoms with Gasteiger partial charge in [0, 0.05) is 31.4 Å². The van der Waals surface area contributed by atoms with E-state index < -0.39 is 0 Å². The SMILES string of the molecule is CN1Cc2cc(NCCC3CC3)ccc2C1=O. The summed E-state index contributed by atoms with van der Waals surface area (Å²) in [6, 6.07) is 6.08. The normalized spacial score (nSPS) is 18.4. The van der Waals surface area contributed by atoms with Gasteiger partial charge in [-0.25, -0.2) is 0 Å². The van der Waals surface area contributed by atoms with Crippen molar-refractivity contribution in [2.45, 2.75) is 25.8 Å². The number of carbonyl (C=O) groups is 1. The van der Waals surface area contributed by atoms with Crippen LogP contribution in [0.2, 0.25) is 0 Å². The van der Waals surface area contributed by atoms with E-state index in [1.165, 1.54) is 19.3 Å². The van der Waals surface area contributed by atoms with E-state index in [2.05, 4.69) is 11.4 Å². The van der Waals surface area contributed by atoms with E-state index >= 15 is 0 Å². The zero-order valence-electron chi connectivity index (χ0n) is 10.2. The van der Waals surface area contributed by atoms with Gasteiger partial charge in [0.1, 0.15) is 0 Å². The first kappa shape index (κ1) is 10.6. The van der Waals surface area contributed by atoms with Gasteiger partial charge < -0.3 is 10.2 Å². The van der Waals surface area contributed by atoms with Crippen molar-refractivity contribution in [3.8, 4) is 0 Å². The molecule has 1 amide bonds. The molecule has 3 rings (SSSR count). The molecule has 0 atom stereocenters. The van der Waals surface area contributed by atoms with E-state index in [0.29, 0.717) is 0 Å². The topological polar surface area (TPSA) is 32.3 Å². The minimum absolute atomic E-state index is 0.143. The molecule has 0 saturated heterocycles. The first-order chi connectivity index (χ1) is 8.24. The van der Waals surface area contributed by atoms with Crippen LogP contribution in [0.15, 0.2) is 18.2 Å². The van der Waals surface area contributed by atoms with Gasteiger partial charge in [0.2, 0.25) is 0 Å². The number of hydrogen-bond acceptors (Lipinski definition) is 2. The third-order valence-corrected chi connectivity index (χ3v) is 3.67. The van der Waals surface area contributed by atoms with Crippen molar-refractivity contribution in [1.29, 1.82) is 0 Å². The molecule has 1 heterocycles. The van der Waals surface area contributed by atoms with Gasteiger partial charge in [-0.05, 0) is 36.1 Å². The first-order valence-corrected chi connectivity index (χ1v) is 6.36. The van der Waals surface area contributed by atoms with Crippen LogP contribution in [0.5, 0.6) is 0 Å². The molecule has 1 aromatic carbocycles. The molecule has 1 aliphatic heterocycles. The number of benzene rings is 1. The summed E-state index contributed by atoms with van der Waals surface area (Å²) in [5, 5.41) is 3.45. The monoisotopic (exact) mass is 230 g/mol. The maximum atomic E-state index is 11.7. The highest BCUT2D eigenvalue weighted by Crippen LogP contribution is 2.32. The third kappa shape index (κ3) is 2.14. The lowest BCUT2D eigenvalue weighted by atomic mass is 10.1. The summed E-state index contributed by atoms with van der Waals surface area (Å²) in [7, 11) is 1.85. The summed E-state index contributed by atoms with van der Waals surface area (Å²) in [5.41, 5.74) is 3.15. The lowest BCUT2D eigenvalue weighted by Crippen LogP contribution is -2.17. The number of nitrogens with one attached hydrogen (secondary N) is 1. The Morgan fingerprint density at radius 3 is 3.00 bits per heavy atom. The summed E-state index contributed by atoms with van der Waals surface area (Å²) in [6.45, 7) is 1.79. The molecule has 3 heteroatoms. The molecule has 0 bridgehead atoms. The number of anilines is 1. The number of rotatable bonds is 4. The minimum Gasteiger partial charge on any atom is -0.385 e. The number of carbonyl (C=O) groups excluding carboxylic acids is 1. The molecule has 0 aromatic heterocycles. The smallest absolute Gasteiger partial charge is 0.254 e. The van der Waals surface area contributed by atoms with E-state index in [9.17, 15) is 4.79 Å². The van der Waals surface area contributed by atoms with Crippen LogP contribution < -0.4 is 5.32 Å². The summed E-state index contributed by atoms with van der Waals surface area (Å²) in [5.74, 6) is 1.11. The van der Waals surface area contributed by atoms with Crippen molar-refractivity contribution >= 4 is 11.6 Å². The van der Waals surface area contributed by atoms with E-state index in [4.69, 9.17) is 0 Å². The first-order valence-electron chi connectivity index (χ1n) is 6.36. The fraction of sp³-hybridized carbons (Fsp3) is 0.500. The Morgan fingerprint density at radius 2 is 2.24 bits per heavy atom. The van der Waals surface area contributed by atoms with Crippen LogP contribution in [0, 0.1) is 5.92 Å². The number of fused-ring (bicyclic) bond motifs is 1. The van der Waals surface area contributed by atoms with Crippen molar-refractivity contribution in [1.82, 2.24) is 4.90 Å². The molecule has 90 valence electrons. The highest BCUT2D eigenvalue weighted by Gasteiger charge is 2.24. The van der Waals surface area contributed by atoms with Gasteiger partial charge in [0.05, 0.1) is 0 Å². The highest BCUT2D eigenvalue weighted by molar-refractivity contribution is 5.98. The zero-order valence-corrected chi connectivity index (χ0v) is 10.2. The van der Waals surface area contributed by atoms with Gasteiger partial charge in [0.15, 0.2) is 0 Å². The molecule has 1 fully saturated rings. The lowest BCUT2D eigenvalue weighted by Gasteiger charge is -2.07. The summed E-state index contributed by atoms with van der Waals surface area (Å²) >= 11 is 0. The molecular weight excluding hydrogens is 212 g/mol. The van der Waals surface area contributed by atoms with Gasteiger partial charge in [-0.1, -0.05) is 12.8 Å². The van der Waals surface area contributed by atoms with E-state index in [1.54, 1.807) is 4.90 Å². The second-order valence-electron chi connectivity index (χ2n) is 5.19. The molecule has 1 aliphatic carbocycles. The second-order valence-corrected chi connectivity index (χ2v) is 5.19. The lowest BCUT2D eigenvalue weighted by molar-refractivity contribution is 0.0816. The molecule has 1 saturated carbocycles. The van der Waals surface area contributed by atoms with Crippen LogP contribution in [0.25, 0.3) is 0 Å². The molecule has 3 nitrogen and oxygen atoms in total. The Kier molecular flexibility index (Phi) is 2.54. The van der Waals surface area contributed by atoms with Crippen molar-refractivity contribution in [3.63, 3.8) is 0 Å². The van der Waals surface area contributed by atoms with Crippen LogP contribution in [0.3, 0.4) is 0 Å². The molecule has 0 radical (unpaired) electrons. The predicted octanol–water partition coefficient (Wildman–Crippen LogP) is 2.48. The van der Waals surface area contributed by atoms with Crippen LogP contribution in [0.4, 0.5) is 5.69 Å². The zero-order chi connectivity index (χ0) is 11.8. The minimum atomic E-state index is 0.143. The average molecular weight is 230 g/mol. The van der Waals surface area contributed by atoms with Crippen LogP contribution >= 0.6 is 0 Å². The van der Waals surface area contributed by atoms with E-state index in [0.717, 1.165) is 35.8 Å². The Balaban J connectivity index is 1.66. The van der Waals surface area contributed by atoms with Crippen LogP contribution in [0.1, 0.15) is 35.2 Å². The van der Waals surface area contributed by atoms with Gasteiger partial charge >= 0.3 is 0 Å². The number of amides is 1. The molecule has 1 N–H and O–H groups in total. The standard InChI is InChI=1S/C14H18N2O/c1-16-9-11-8-12(4-5-13(11)14(16)17)15-7-6-10-2-3-10/h4-5,8,10,15H,2-3,6-7,9H2,1H3. The predicted molar refractivity (Wildman–Crippen MR) is 68.1 cm³/mol. The fourth-order valence-electron chi connectivity index (χ4n) is 2.40. The Hall–Kier alpha value is -1.51. The van der Waals surface area contributed by atoms with Crippen molar-refractivity contribution < 1.29 is 4.79 Å². The third-order valence-electron chi connectivity index (χ3n) is 3.67. The molecule has 17 heavy (non-hydrogen) atoms. The fourth-order valence-corrected chi connectivity index (χ4v) is 2.40. The molecule has 0 unspecified atom stereocenters. The van der Waals surface area contributed by atoms with E-state index in [1.807, 2.05) is 19.2 Å². The van der Waals surface area contributed by atoms with Crippen LogP contribution in [-0.2, 0) is 6.54 Å². The summed E-state index contributed by atoms with van der Waals surface area (Å²) in [6.07, 6.45) is 4.09. The Labute approximate surface area is 102 Å². The molecular formula is C14H18N2O. The molecule has 1 aromatic rings. The van der Waals surface area contributed by atoms with Gasteiger partial charge in [-0.3, -0.25) is 4.79 Å². The Bertz CT molecular complexity index is 452. The number of hydrogen-bond donors (Lipinski definition) is 1. The molecule has 0 spiro atoms. The van der Waals surface area contributed by atoms with Crippen molar-refractivity contribution in [3.05, 3.63) is 29.3 Å². The van der Waals surface area contributed by atoms with E-state index in [-0.39, 0.29) is 5.91 Å². The maximum Gasteiger partial charge on any atom is 0.254 e. The highest BCUT2D eigenvalue weighted by atomic mass is 16.2. The summed E-state index contributed by atoms with van der Waals surface area (Å²) < 4.78 is 0. The maximum absolute atomic E-state index is 11.7. The van der Waals surface area contributed by atoms with Gasteiger partial charge in [-0.15, -0.1) is 0 Å². The quantitative estimate of drug-likeness (QED) is 0.861. The molecule has 2 aliphatic rings. The van der Waals surface area contributed by atoms with Gasteiger partial charge in [0.25, 0.3) is 5.91 Å². The Morgan fingerprint density at radius 1 is 1.41 bits per heavy atom. The second kappa shape index (κ2) is 4.06.